The minimum atomic E-state index is 0. The smallest absolute Gasteiger partial charge is 0.213 e. The molecule has 1 aliphatic heterocycles. The van der Waals surface area contributed by atoms with Crippen LogP contribution in [0.5, 0.6) is 5.88 Å². The fourth-order valence-corrected chi connectivity index (χ4v) is 3.90. The van der Waals surface area contributed by atoms with Crippen LogP contribution in [-0.4, -0.2) is 37.7 Å². The van der Waals surface area contributed by atoms with E-state index in [1.165, 1.54) is 24.0 Å². The molecule has 0 bridgehead atoms. The first-order chi connectivity index (χ1) is 15.2. The number of aryl methyl sites for hydroxylation is 1. The molecular formula is C25H35IN4O2. The second-order valence-corrected chi connectivity index (χ2v) is 8.67. The van der Waals surface area contributed by atoms with Gasteiger partial charge in [0.1, 0.15) is 0 Å². The molecule has 1 aromatic carbocycles. The van der Waals surface area contributed by atoms with Gasteiger partial charge >= 0.3 is 0 Å². The Balaban J connectivity index is 0.00000289. The predicted octanol–water partition coefficient (Wildman–Crippen LogP) is 4.63. The molecule has 0 radical (unpaired) electrons. The normalized spacial score (nSPS) is 20.9. The number of halogens is 1. The van der Waals surface area contributed by atoms with Crippen molar-refractivity contribution in [2.75, 3.05) is 26.8 Å². The van der Waals surface area contributed by atoms with E-state index >= 15 is 0 Å². The Labute approximate surface area is 208 Å². The lowest BCUT2D eigenvalue weighted by atomic mass is 9.89. The van der Waals surface area contributed by atoms with Crippen LogP contribution in [0, 0.1) is 18.8 Å². The lowest BCUT2D eigenvalue weighted by molar-refractivity contribution is -0.0265. The summed E-state index contributed by atoms with van der Waals surface area (Å²) in [5.41, 5.74) is 3.63. The summed E-state index contributed by atoms with van der Waals surface area (Å²) in [6, 6.07) is 12.7. The van der Waals surface area contributed by atoms with E-state index in [9.17, 15) is 0 Å². The molecule has 2 N–H and O–H groups in total. The molecule has 2 aliphatic rings. The van der Waals surface area contributed by atoms with E-state index in [0.717, 1.165) is 50.0 Å². The third-order valence-electron chi connectivity index (χ3n) is 6.03. The summed E-state index contributed by atoms with van der Waals surface area (Å²) < 4.78 is 11.9. The number of ether oxygens (including phenoxy) is 2. The molecule has 2 unspecified atom stereocenters. The Kier molecular flexibility index (Phi) is 9.59. The monoisotopic (exact) mass is 550 g/mol. The Morgan fingerprint density at radius 1 is 1.12 bits per heavy atom. The fourth-order valence-electron chi connectivity index (χ4n) is 3.90. The fraction of sp³-hybridized carbons (Fsp3) is 0.520. The molecule has 2 fully saturated rings. The van der Waals surface area contributed by atoms with Gasteiger partial charge < -0.3 is 20.1 Å². The number of pyridine rings is 1. The van der Waals surface area contributed by atoms with Gasteiger partial charge in [-0.05, 0) is 49.7 Å². The van der Waals surface area contributed by atoms with Crippen molar-refractivity contribution in [1.82, 2.24) is 15.6 Å². The standard InChI is InChI=1S/C25H34N4O2.HI/c1-18-5-10-21(11-6-18)24-22(4-3-13-30-24)16-29-25(26-2)28-15-20-9-12-23(27-14-20)31-17-19-7-8-19;/h5-6,9-12,14,19,22,24H,3-4,7-8,13,15-17H2,1-2H3,(H2,26,28,29);1H. The predicted molar refractivity (Wildman–Crippen MR) is 139 cm³/mol. The SMILES string of the molecule is CN=C(NCc1ccc(OCC2CC2)nc1)NCC1CCCOC1c1ccc(C)cc1.I. The zero-order chi connectivity index (χ0) is 21.5. The van der Waals surface area contributed by atoms with Gasteiger partial charge in [0, 0.05) is 44.9 Å². The number of nitrogens with one attached hydrogen (secondary N) is 2. The largest absolute Gasteiger partial charge is 0.477 e. The number of aromatic nitrogens is 1. The van der Waals surface area contributed by atoms with Gasteiger partial charge in [0.25, 0.3) is 0 Å². The molecule has 2 aromatic rings. The maximum absolute atomic E-state index is 6.14. The Hall–Kier alpha value is -1.87. The highest BCUT2D eigenvalue weighted by Crippen LogP contribution is 2.33. The zero-order valence-electron chi connectivity index (χ0n) is 19.0. The van der Waals surface area contributed by atoms with Crippen LogP contribution in [0.4, 0.5) is 0 Å². The number of aliphatic imine (C=N–C) groups is 1. The van der Waals surface area contributed by atoms with Crippen molar-refractivity contribution < 1.29 is 9.47 Å². The van der Waals surface area contributed by atoms with Crippen molar-refractivity contribution in [3.05, 3.63) is 59.3 Å². The van der Waals surface area contributed by atoms with E-state index in [1.54, 1.807) is 7.05 Å². The Bertz CT molecular complexity index is 853. The lowest BCUT2D eigenvalue weighted by Gasteiger charge is -2.32. The first kappa shape index (κ1) is 24.8. The van der Waals surface area contributed by atoms with Crippen molar-refractivity contribution in [2.45, 2.75) is 45.3 Å². The molecule has 4 rings (SSSR count). The lowest BCUT2D eigenvalue weighted by Crippen LogP contribution is -2.41. The van der Waals surface area contributed by atoms with E-state index in [-0.39, 0.29) is 30.1 Å². The highest BCUT2D eigenvalue weighted by Gasteiger charge is 2.27. The van der Waals surface area contributed by atoms with Crippen LogP contribution in [0.15, 0.2) is 47.6 Å². The molecule has 0 amide bonds. The molecule has 1 saturated heterocycles. The minimum absolute atomic E-state index is 0. The number of nitrogens with zero attached hydrogens (tertiary/aromatic N) is 2. The van der Waals surface area contributed by atoms with Crippen LogP contribution in [0.2, 0.25) is 0 Å². The van der Waals surface area contributed by atoms with Crippen LogP contribution in [0.25, 0.3) is 0 Å². The molecule has 1 aliphatic carbocycles. The summed E-state index contributed by atoms with van der Waals surface area (Å²) >= 11 is 0. The summed E-state index contributed by atoms with van der Waals surface area (Å²) in [7, 11) is 1.80. The van der Waals surface area contributed by atoms with Crippen molar-refractivity contribution in [1.29, 1.82) is 0 Å². The van der Waals surface area contributed by atoms with Crippen molar-refractivity contribution >= 4 is 29.9 Å². The van der Waals surface area contributed by atoms with Gasteiger partial charge in [-0.1, -0.05) is 35.9 Å². The summed E-state index contributed by atoms with van der Waals surface area (Å²) in [6.07, 6.45) is 6.81. The molecule has 7 heteroatoms. The van der Waals surface area contributed by atoms with Gasteiger partial charge in [-0.15, -0.1) is 24.0 Å². The van der Waals surface area contributed by atoms with E-state index in [2.05, 4.69) is 57.9 Å². The van der Waals surface area contributed by atoms with Gasteiger partial charge in [-0.3, -0.25) is 4.99 Å². The second-order valence-electron chi connectivity index (χ2n) is 8.67. The van der Waals surface area contributed by atoms with E-state index in [1.807, 2.05) is 12.3 Å². The van der Waals surface area contributed by atoms with Crippen LogP contribution < -0.4 is 15.4 Å². The summed E-state index contributed by atoms with van der Waals surface area (Å²) in [5.74, 6) is 2.65. The zero-order valence-corrected chi connectivity index (χ0v) is 21.4. The number of hydrogen-bond acceptors (Lipinski definition) is 4. The maximum Gasteiger partial charge on any atom is 0.213 e. The third kappa shape index (κ3) is 7.33. The number of guanidine groups is 1. The topological polar surface area (TPSA) is 67.8 Å². The summed E-state index contributed by atoms with van der Waals surface area (Å²) in [5, 5.41) is 6.87. The molecule has 2 atom stereocenters. The van der Waals surface area contributed by atoms with E-state index in [0.29, 0.717) is 18.3 Å². The highest BCUT2D eigenvalue weighted by molar-refractivity contribution is 14.0. The number of hydrogen-bond donors (Lipinski definition) is 2. The van der Waals surface area contributed by atoms with Crippen molar-refractivity contribution in [3.63, 3.8) is 0 Å². The molecule has 2 heterocycles. The average Bonchev–Trinajstić information content (AvgIpc) is 3.64. The van der Waals surface area contributed by atoms with Crippen molar-refractivity contribution in [2.24, 2.45) is 16.8 Å². The molecule has 174 valence electrons. The molecule has 1 aromatic heterocycles. The van der Waals surface area contributed by atoms with E-state index < -0.39 is 0 Å². The molecule has 1 saturated carbocycles. The van der Waals surface area contributed by atoms with Crippen molar-refractivity contribution in [3.8, 4) is 5.88 Å². The molecule has 0 spiro atoms. The first-order valence-corrected chi connectivity index (χ1v) is 11.4. The minimum Gasteiger partial charge on any atom is -0.477 e. The molecule has 32 heavy (non-hydrogen) atoms. The maximum atomic E-state index is 6.14. The number of benzene rings is 1. The van der Waals surface area contributed by atoms with Gasteiger partial charge in [-0.2, -0.15) is 0 Å². The first-order valence-electron chi connectivity index (χ1n) is 11.4. The summed E-state index contributed by atoms with van der Waals surface area (Å²) in [6.45, 7) is 5.22. The van der Waals surface area contributed by atoms with Crippen LogP contribution in [0.1, 0.15) is 48.5 Å². The van der Waals surface area contributed by atoms with Gasteiger partial charge in [0.2, 0.25) is 5.88 Å². The Morgan fingerprint density at radius 2 is 1.94 bits per heavy atom. The Morgan fingerprint density at radius 3 is 2.62 bits per heavy atom. The van der Waals surface area contributed by atoms with Crippen LogP contribution in [0.3, 0.4) is 0 Å². The van der Waals surface area contributed by atoms with Crippen LogP contribution in [-0.2, 0) is 11.3 Å². The molecule has 6 nitrogen and oxygen atoms in total. The molecular weight excluding hydrogens is 515 g/mol. The third-order valence-corrected chi connectivity index (χ3v) is 6.03. The number of rotatable bonds is 8. The van der Waals surface area contributed by atoms with E-state index in [4.69, 9.17) is 9.47 Å². The van der Waals surface area contributed by atoms with Gasteiger partial charge in [0.05, 0.1) is 12.7 Å². The second kappa shape index (κ2) is 12.4. The van der Waals surface area contributed by atoms with Crippen LogP contribution >= 0.6 is 24.0 Å². The average molecular weight is 550 g/mol. The quantitative estimate of drug-likeness (QED) is 0.285. The highest BCUT2D eigenvalue weighted by atomic mass is 127. The summed E-state index contributed by atoms with van der Waals surface area (Å²) in [4.78, 5) is 8.79. The van der Waals surface area contributed by atoms with Gasteiger partial charge in [-0.25, -0.2) is 4.98 Å². The van der Waals surface area contributed by atoms with Gasteiger partial charge in [0.15, 0.2) is 5.96 Å².